The summed E-state index contributed by atoms with van der Waals surface area (Å²) in [6, 6.07) is 29.3. The van der Waals surface area contributed by atoms with Gasteiger partial charge in [0.1, 0.15) is 0 Å². The number of hydrogen-bond acceptors (Lipinski definition) is 2. The number of hydrogen-bond donors (Lipinski definition) is 0. The predicted octanol–water partition coefficient (Wildman–Crippen LogP) is 6.36. The van der Waals surface area contributed by atoms with Crippen LogP contribution in [0.1, 0.15) is 0 Å². The van der Waals surface area contributed by atoms with E-state index < -0.39 is 0 Å². The quantitative estimate of drug-likeness (QED) is 0.276. The Morgan fingerprint density at radius 2 is 1.50 bits per heavy atom. The maximum absolute atomic E-state index is 11.8. The molecule has 4 heteroatoms. The molecule has 0 saturated carbocycles. The third-order valence-electron chi connectivity index (χ3n) is 5.14. The fourth-order valence-corrected chi connectivity index (χ4v) is 3.89. The van der Waals surface area contributed by atoms with E-state index in [-0.39, 0.29) is 10.6 Å². The van der Waals surface area contributed by atoms with Gasteiger partial charge in [0, 0.05) is 23.3 Å². The first-order valence-electron chi connectivity index (χ1n) is 9.06. The second-order valence-electron chi connectivity index (χ2n) is 6.70. The molecule has 28 heavy (non-hydrogen) atoms. The summed E-state index contributed by atoms with van der Waals surface area (Å²) in [7, 11) is 0. The van der Waals surface area contributed by atoms with Gasteiger partial charge in [0.2, 0.25) is 0 Å². The van der Waals surface area contributed by atoms with Gasteiger partial charge in [-0.15, -0.1) is 0 Å². The Balaban J connectivity index is 1.85. The third kappa shape index (κ3) is 2.47. The van der Waals surface area contributed by atoms with E-state index in [0.29, 0.717) is 5.56 Å². The van der Waals surface area contributed by atoms with Gasteiger partial charge >= 0.3 is 0 Å². The molecule has 4 nitrogen and oxygen atoms in total. The van der Waals surface area contributed by atoms with E-state index in [4.69, 9.17) is 0 Å². The van der Waals surface area contributed by atoms with Crippen molar-refractivity contribution < 1.29 is 4.92 Å². The van der Waals surface area contributed by atoms with Crippen molar-refractivity contribution in [2.24, 2.45) is 0 Å². The molecule has 0 radical (unpaired) electrons. The van der Waals surface area contributed by atoms with Crippen LogP contribution in [-0.2, 0) is 0 Å². The summed E-state index contributed by atoms with van der Waals surface area (Å²) in [6.07, 6.45) is 2.01. The predicted molar refractivity (Wildman–Crippen MR) is 113 cm³/mol. The first-order chi connectivity index (χ1) is 13.7. The van der Waals surface area contributed by atoms with Gasteiger partial charge in [0.15, 0.2) is 0 Å². The van der Waals surface area contributed by atoms with Gasteiger partial charge in [0.25, 0.3) is 5.69 Å². The monoisotopic (exact) mass is 364 g/mol. The number of para-hydroxylation sites is 1. The molecule has 0 amide bonds. The van der Waals surface area contributed by atoms with E-state index in [1.165, 1.54) is 0 Å². The standard InChI is InChI=1S/C24H16N2O2/c27-26(28)23-14-13-17-7-4-5-10-19(17)24(23)21-11-6-12-22-20(21)15-16-25(22)18-8-2-1-3-9-18/h1-16H. The summed E-state index contributed by atoms with van der Waals surface area (Å²) >= 11 is 0. The Morgan fingerprint density at radius 1 is 0.714 bits per heavy atom. The molecule has 0 bridgehead atoms. The highest BCUT2D eigenvalue weighted by atomic mass is 16.6. The molecule has 0 spiro atoms. The van der Waals surface area contributed by atoms with Crippen molar-refractivity contribution in [3.8, 4) is 16.8 Å². The van der Waals surface area contributed by atoms with Crippen LogP contribution in [0.5, 0.6) is 0 Å². The molecule has 0 N–H and O–H groups in total. The second-order valence-corrected chi connectivity index (χ2v) is 6.70. The lowest BCUT2D eigenvalue weighted by molar-refractivity contribution is -0.384. The number of nitro benzene ring substituents is 1. The fraction of sp³-hybridized carbons (Fsp3) is 0. The minimum absolute atomic E-state index is 0.124. The van der Waals surface area contributed by atoms with Crippen LogP contribution in [-0.4, -0.2) is 9.49 Å². The van der Waals surface area contributed by atoms with E-state index in [1.807, 2.05) is 91.1 Å². The Bertz CT molecular complexity index is 1340. The summed E-state index contributed by atoms with van der Waals surface area (Å²) in [5.41, 5.74) is 3.74. The highest BCUT2D eigenvalue weighted by Crippen LogP contribution is 2.40. The maximum atomic E-state index is 11.8. The molecule has 0 atom stereocenters. The van der Waals surface area contributed by atoms with Crippen molar-refractivity contribution in [2.45, 2.75) is 0 Å². The van der Waals surface area contributed by atoms with Crippen molar-refractivity contribution in [3.63, 3.8) is 0 Å². The first kappa shape index (κ1) is 16.3. The van der Waals surface area contributed by atoms with Crippen LogP contribution in [0.2, 0.25) is 0 Å². The van der Waals surface area contributed by atoms with E-state index in [0.717, 1.165) is 32.9 Å². The van der Waals surface area contributed by atoms with Crippen LogP contribution in [0.3, 0.4) is 0 Å². The molecule has 0 saturated heterocycles. The Hall–Kier alpha value is -3.92. The van der Waals surface area contributed by atoms with Gasteiger partial charge in [-0.1, -0.05) is 54.6 Å². The SMILES string of the molecule is O=[N+]([O-])c1ccc2ccccc2c1-c1cccc2c1ccn2-c1ccccc1. The molecule has 1 aromatic heterocycles. The smallest absolute Gasteiger partial charge is 0.277 e. The van der Waals surface area contributed by atoms with Crippen molar-refractivity contribution in [3.05, 3.63) is 107 Å². The second kappa shape index (κ2) is 6.35. The molecule has 0 unspecified atom stereocenters. The molecule has 0 aliphatic carbocycles. The van der Waals surface area contributed by atoms with E-state index in [1.54, 1.807) is 6.07 Å². The fourth-order valence-electron chi connectivity index (χ4n) is 3.89. The zero-order valence-electron chi connectivity index (χ0n) is 14.9. The molecule has 1 heterocycles. The molecule has 5 rings (SSSR count). The minimum atomic E-state index is -0.297. The lowest BCUT2D eigenvalue weighted by atomic mass is 9.94. The zero-order valence-corrected chi connectivity index (χ0v) is 14.9. The Labute approximate surface area is 161 Å². The summed E-state index contributed by atoms with van der Waals surface area (Å²) in [6.45, 7) is 0. The lowest BCUT2D eigenvalue weighted by Crippen LogP contribution is -1.94. The summed E-state index contributed by atoms with van der Waals surface area (Å²) in [5, 5.41) is 14.7. The van der Waals surface area contributed by atoms with Gasteiger partial charge in [-0.25, -0.2) is 0 Å². The van der Waals surface area contributed by atoms with Crippen molar-refractivity contribution in [1.29, 1.82) is 0 Å². The van der Waals surface area contributed by atoms with Crippen molar-refractivity contribution in [2.75, 3.05) is 0 Å². The number of aromatic nitrogens is 1. The van der Waals surface area contributed by atoms with Gasteiger partial charge in [-0.2, -0.15) is 0 Å². The van der Waals surface area contributed by atoms with Crippen LogP contribution < -0.4 is 0 Å². The lowest BCUT2D eigenvalue weighted by Gasteiger charge is -2.11. The van der Waals surface area contributed by atoms with E-state index in [9.17, 15) is 10.1 Å². The summed E-state index contributed by atoms with van der Waals surface area (Å²) in [5.74, 6) is 0. The molecular weight excluding hydrogens is 348 g/mol. The average Bonchev–Trinajstić information content (AvgIpc) is 3.18. The summed E-state index contributed by atoms with van der Waals surface area (Å²) in [4.78, 5) is 11.5. The molecular formula is C24H16N2O2. The Kier molecular flexibility index (Phi) is 3.69. The number of benzene rings is 4. The van der Waals surface area contributed by atoms with Gasteiger partial charge in [-0.05, 0) is 46.7 Å². The van der Waals surface area contributed by atoms with Crippen LogP contribution in [0.15, 0.2) is 97.2 Å². The first-order valence-corrected chi connectivity index (χ1v) is 9.06. The van der Waals surface area contributed by atoms with Crippen LogP contribution in [0.25, 0.3) is 38.5 Å². The van der Waals surface area contributed by atoms with Crippen LogP contribution in [0.4, 0.5) is 5.69 Å². The largest absolute Gasteiger partial charge is 0.317 e. The van der Waals surface area contributed by atoms with E-state index >= 15 is 0 Å². The molecule has 0 aliphatic rings. The highest BCUT2D eigenvalue weighted by Gasteiger charge is 2.21. The minimum Gasteiger partial charge on any atom is -0.317 e. The normalized spacial score (nSPS) is 11.1. The van der Waals surface area contributed by atoms with Gasteiger partial charge < -0.3 is 4.57 Å². The van der Waals surface area contributed by atoms with Gasteiger partial charge in [0.05, 0.1) is 16.0 Å². The number of nitrogens with zero attached hydrogens (tertiary/aromatic N) is 2. The third-order valence-corrected chi connectivity index (χ3v) is 5.14. The van der Waals surface area contributed by atoms with Gasteiger partial charge in [-0.3, -0.25) is 10.1 Å². The number of nitro groups is 1. The van der Waals surface area contributed by atoms with Crippen molar-refractivity contribution in [1.82, 2.24) is 4.57 Å². The molecule has 0 fully saturated rings. The van der Waals surface area contributed by atoms with Crippen LogP contribution >= 0.6 is 0 Å². The zero-order chi connectivity index (χ0) is 19.1. The van der Waals surface area contributed by atoms with Crippen LogP contribution in [0, 0.1) is 10.1 Å². The summed E-state index contributed by atoms with van der Waals surface area (Å²) < 4.78 is 2.11. The maximum Gasteiger partial charge on any atom is 0.277 e. The molecule has 5 aromatic rings. The molecule has 4 aromatic carbocycles. The average molecular weight is 364 g/mol. The molecule has 0 aliphatic heterocycles. The number of fused-ring (bicyclic) bond motifs is 2. The Morgan fingerprint density at radius 3 is 2.32 bits per heavy atom. The number of rotatable bonds is 3. The topological polar surface area (TPSA) is 48.1 Å². The molecule has 134 valence electrons. The van der Waals surface area contributed by atoms with Crippen molar-refractivity contribution >= 4 is 27.4 Å². The highest BCUT2D eigenvalue weighted by molar-refractivity contribution is 6.08. The van der Waals surface area contributed by atoms with E-state index in [2.05, 4.69) is 4.57 Å².